The van der Waals surface area contributed by atoms with Gasteiger partial charge in [0.15, 0.2) is 6.29 Å². The van der Waals surface area contributed by atoms with Crippen molar-refractivity contribution in [3.63, 3.8) is 0 Å². The minimum atomic E-state index is -0.615. The van der Waals surface area contributed by atoms with E-state index in [4.69, 9.17) is 9.47 Å². The SMILES string of the molecule is C[C@H]1[C@@H](CN2CCC[C@H]2CO)O[C@@H](c2cccc(-c3cccc(CN4C(=O)c5ccccc5C4=O)c3)c2)O[C@H]1c1ccc(CO)cc1. The van der Waals surface area contributed by atoms with Gasteiger partial charge >= 0.3 is 0 Å². The minimum absolute atomic E-state index is 0.0144. The molecular formula is C39H40N2O6. The Kier molecular flexibility index (Phi) is 9.03. The van der Waals surface area contributed by atoms with Gasteiger partial charge < -0.3 is 19.7 Å². The van der Waals surface area contributed by atoms with Gasteiger partial charge in [-0.05, 0) is 71.5 Å². The van der Waals surface area contributed by atoms with Gasteiger partial charge in [0.05, 0.1) is 43.1 Å². The molecule has 8 heteroatoms. The van der Waals surface area contributed by atoms with Crippen LogP contribution in [0.2, 0.25) is 0 Å². The number of nitrogens with zero attached hydrogens (tertiary/aromatic N) is 2. The molecule has 3 heterocycles. The molecule has 5 atom stereocenters. The van der Waals surface area contributed by atoms with Crippen LogP contribution in [-0.4, -0.2) is 63.7 Å². The number of likely N-dealkylation sites (tertiary alicyclic amines) is 1. The quantitative estimate of drug-likeness (QED) is 0.222. The van der Waals surface area contributed by atoms with Gasteiger partial charge in [0, 0.05) is 24.1 Å². The average Bonchev–Trinajstić information content (AvgIpc) is 3.67. The lowest BCUT2D eigenvalue weighted by Gasteiger charge is -2.43. The second-order valence-electron chi connectivity index (χ2n) is 12.9. The predicted molar refractivity (Wildman–Crippen MR) is 177 cm³/mol. The molecule has 3 aliphatic heterocycles. The van der Waals surface area contributed by atoms with Crippen LogP contribution in [0.1, 0.15) is 75.1 Å². The van der Waals surface area contributed by atoms with Gasteiger partial charge in [-0.2, -0.15) is 0 Å². The predicted octanol–water partition coefficient (Wildman–Crippen LogP) is 5.89. The number of rotatable bonds is 9. The largest absolute Gasteiger partial charge is 0.395 e. The highest BCUT2D eigenvalue weighted by atomic mass is 16.7. The molecule has 8 nitrogen and oxygen atoms in total. The molecule has 4 aromatic carbocycles. The number of aliphatic hydroxyl groups excluding tert-OH is 2. The number of amides is 2. The highest BCUT2D eigenvalue weighted by Crippen LogP contribution is 2.43. The number of ether oxygens (including phenoxy) is 2. The second-order valence-corrected chi connectivity index (χ2v) is 12.9. The highest BCUT2D eigenvalue weighted by Gasteiger charge is 2.40. The van der Waals surface area contributed by atoms with Crippen molar-refractivity contribution < 1.29 is 29.3 Å². The van der Waals surface area contributed by atoms with E-state index in [0.717, 1.165) is 52.8 Å². The molecule has 3 aliphatic rings. The number of fused-ring (bicyclic) bond motifs is 1. The van der Waals surface area contributed by atoms with Crippen LogP contribution in [0.25, 0.3) is 11.1 Å². The van der Waals surface area contributed by atoms with Gasteiger partial charge in [0.1, 0.15) is 0 Å². The molecule has 0 spiro atoms. The fraction of sp³-hybridized carbons (Fsp3) is 0.333. The highest BCUT2D eigenvalue weighted by molar-refractivity contribution is 6.21. The van der Waals surface area contributed by atoms with E-state index >= 15 is 0 Å². The average molecular weight is 633 g/mol. The first-order valence-electron chi connectivity index (χ1n) is 16.4. The van der Waals surface area contributed by atoms with Crippen LogP contribution in [0.4, 0.5) is 0 Å². The van der Waals surface area contributed by atoms with Gasteiger partial charge in [-0.25, -0.2) is 0 Å². The Bertz CT molecular complexity index is 1720. The van der Waals surface area contributed by atoms with Gasteiger partial charge in [-0.3, -0.25) is 19.4 Å². The first kappa shape index (κ1) is 31.4. The molecule has 4 aromatic rings. The molecule has 47 heavy (non-hydrogen) atoms. The summed E-state index contributed by atoms with van der Waals surface area (Å²) < 4.78 is 13.4. The second kappa shape index (κ2) is 13.5. The molecule has 7 rings (SSSR count). The summed E-state index contributed by atoms with van der Waals surface area (Å²) >= 11 is 0. The van der Waals surface area contributed by atoms with E-state index in [9.17, 15) is 19.8 Å². The lowest BCUT2D eigenvalue weighted by molar-refractivity contribution is -0.276. The van der Waals surface area contributed by atoms with E-state index < -0.39 is 6.29 Å². The summed E-state index contributed by atoms with van der Waals surface area (Å²) in [6.45, 7) is 4.12. The van der Waals surface area contributed by atoms with Crippen molar-refractivity contribution in [2.24, 2.45) is 5.92 Å². The maximum Gasteiger partial charge on any atom is 0.261 e. The maximum atomic E-state index is 13.0. The van der Waals surface area contributed by atoms with Crippen LogP contribution in [0.15, 0.2) is 97.1 Å². The van der Waals surface area contributed by atoms with Crippen molar-refractivity contribution in [2.75, 3.05) is 19.7 Å². The molecule has 2 fully saturated rings. The molecule has 0 unspecified atom stereocenters. The topological polar surface area (TPSA) is 99.5 Å². The van der Waals surface area contributed by atoms with Crippen molar-refractivity contribution in [1.29, 1.82) is 0 Å². The summed E-state index contributed by atoms with van der Waals surface area (Å²) in [5.41, 5.74) is 6.45. The summed E-state index contributed by atoms with van der Waals surface area (Å²) in [5.74, 6) is -0.491. The Balaban J connectivity index is 1.14. The minimum Gasteiger partial charge on any atom is -0.395 e. The lowest BCUT2D eigenvalue weighted by atomic mass is 9.89. The molecule has 2 N–H and O–H groups in total. The van der Waals surface area contributed by atoms with Gasteiger partial charge in [0.25, 0.3) is 11.8 Å². The van der Waals surface area contributed by atoms with Crippen LogP contribution in [0, 0.1) is 5.92 Å². The van der Waals surface area contributed by atoms with Gasteiger partial charge in [-0.15, -0.1) is 0 Å². The number of hydrogen-bond donors (Lipinski definition) is 2. The first-order chi connectivity index (χ1) is 22.9. The Morgan fingerprint density at radius 3 is 2.17 bits per heavy atom. The molecule has 0 aromatic heterocycles. The fourth-order valence-electron chi connectivity index (χ4n) is 7.18. The molecule has 0 bridgehead atoms. The summed E-state index contributed by atoms with van der Waals surface area (Å²) in [5, 5.41) is 19.6. The lowest BCUT2D eigenvalue weighted by Crippen LogP contribution is -2.46. The maximum absolute atomic E-state index is 13.0. The van der Waals surface area contributed by atoms with Crippen molar-refractivity contribution in [3.8, 4) is 11.1 Å². The van der Waals surface area contributed by atoms with E-state index in [0.29, 0.717) is 17.7 Å². The fourth-order valence-corrected chi connectivity index (χ4v) is 7.18. The number of benzene rings is 4. The summed E-state index contributed by atoms with van der Waals surface area (Å²) in [4.78, 5) is 29.6. The number of aliphatic hydroxyl groups is 2. The molecular weight excluding hydrogens is 592 g/mol. The zero-order valence-corrected chi connectivity index (χ0v) is 26.5. The Morgan fingerprint density at radius 2 is 1.47 bits per heavy atom. The normalized spacial score (nSPS) is 24.6. The van der Waals surface area contributed by atoms with Gasteiger partial charge in [-0.1, -0.05) is 79.7 Å². The summed E-state index contributed by atoms with van der Waals surface area (Å²) in [6.07, 6.45) is 1.07. The number of carbonyl (C=O) groups excluding carboxylic acids is 2. The van der Waals surface area contributed by atoms with Crippen molar-refractivity contribution in [3.05, 3.63) is 130 Å². The van der Waals surface area contributed by atoms with Crippen LogP contribution in [-0.2, 0) is 22.6 Å². The third-order valence-electron chi connectivity index (χ3n) is 9.89. The monoisotopic (exact) mass is 632 g/mol. The smallest absolute Gasteiger partial charge is 0.261 e. The van der Waals surface area contributed by atoms with Crippen molar-refractivity contribution >= 4 is 11.8 Å². The van der Waals surface area contributed by atoms with E-state index in [2.05, 4.69) is 17.9 Å². The van der Waals surface area contributed by atoms with E-state index in [1.807, 2.05) is 66.7 Å². The molecule has 2 saturated heterocycles. The molecule has 0 saturated carbocycles. The van der Waals surface area contributed by atoms with Crippen LogP contribution in [0.5, 0.6) is 0 Å². The zero-order chi connectivity index (χ0) is 32.5. The summed E-state index contributed by atoms with van der Waals surface area (Å²) in [7, 11) is 0. The van der Waals surface area contributed by atoms with E-state index in [1.54, 1.807) is 24.3 Å². The standard InChI is InChI=1S/C39H40N2O6/c1-25-35(22-40-18-6-11-32(40)24-43)46-39(47-36(25)28-16-14-26(23-42)15-17-28)31-10-5-9-30(20-31)29-8-4-7-27(19-29)21-41-37(44)33-12-2-3-13-34(33)38(41)45/h2-5,7-10,12-17,19-20,25,32,35-36,39,42-43H,6,11,18,21-24H2,1H3/t25-,32-,35+,36+,39+/m0/s1. The van der Waals surface area contributed by atoms with Crippen molar-refractivity contribution in [1.82, 2.24) is 9.80 Å². The van der Waals surface area contributed by atoms with E-state index in [-0.39, 0.29) is 55.7 Å². The third-order valence-corrected chi connectivity index (χ3v) is 9.89. The molecule has 242 valence electrons. The number of hydrogen-bond acceptors (Lipinski definition) is 7. The Labute approximate surface area is 275 Å². The van der Waals surface area contributed by atoms with Crippen LogP contribution >= 0.6 is 0 Å². The zero-order valence-electron chi connectivity index (χ0n) is 26.5. The van der Waals surface area contributed by atoms with E-state index in [1.165, 1.54) is 4.90 Å². The Morgan fingerprint density at radius 1 is 0.766 bits per heavy atom. The Hall–Kier alpha value is -4.18. The first-order valence-corrected chi connectivity index (χ1v) is 16.4. The summed E-state index contributed by atoms with van der Waals surface area (Å²) in [6, 6.07) is 31.0. The third kappa shape index (κ3) is 6.27. The molecule has 0 aliphatic carbocycles. The van der Waals surface area contributed by atoms with Crippen LogP contribution < -0.4 is 0 Å². The number of imide groups is 1. The van der Waals surface area contributed by atoms with Crippen LogP contribution in [0.3, 0.4) is 0 Å². The molecule has 0 radical (unpaired) electrons. The van der Waals surface area contributed by atoms with Gasteiger partial charge in [0.2, 0.25) is 0 Å². The molecule has 2 amide bonds. The number of carbonyl (C=O) groups is 2. The van der Waals surface area contributed by atoms with Crippen molar-refractivity contribution in [2.45, 2.75) is 57.5 Å².